The van der Waals surface area contributed by atoms with Gasteiger partial charge in [-0.1, -0.05) is 32.1 Å². The van der Waals surface area contributed by atoms with Gasteiger partial charge in [0, 0.05) is 12.2 Å². The summed E-state index contributed by atoms with van der Waals surface area (Å²) in [5, 5.41) is 6.07. The van der Waals surface area contributed by atoms with Gasteiger partial charge in [0.25, 0.3) is 0 Å². The molecule has 2 N–H and O–H groups in total. The highest BCUT2D eigenvalue weighted by molar-refractivity contribution is 5.83. The van der Waals surface area contributed by atoms with Crippen molar-refractivity contribution < 1.29 is 9.53 Å². The molecule has 0 radical (unpaired) electrons. The molecule has 1 heterocycles. The van der Waals surface area contributed by atoms with Gasteiger partial charge in [0.1, 0.15) is 6.04 Å². The van der Waals surface area contributed by atoms with Crippen molar-refractivity contribution in [3.8, 4) is 0 Å². The van der Waals surface area contributed by atoms with E-state index >= 15 is 0 Å². The second kappa shape index (κ2) is 6.57. The van der Waals surface area contributed by atoms with Crippen LogP contribution in [0.15, 0.2) is 36.6 Å². The Hall–Kier alpha value is -1.55. The van der Waals surface area contributed by atoms with E-state index in [0.717, 1.165) is 24.1 Å². The predicted molar refractivity (Wildman–Crippen MR) is 75.6 cm³/mol. The Bertz CT molecular complexity index is 395. The third-order valence-electron chi connectivity index (χ3n) is 3.70. The van der Waals surface area contributed by atoms with Crippen molar-refractivity contribution in [2.24, 2.45) is 0 Å². The normalized spacial score (nSPS) is 24.6. The van der Waals surface area contributed by atoms with Crippen LogP contribution in [0.4, 0.5) is 0 Å². The van der Waals surface area contributed by atoms with Crippen molar-refractivity contribution >= 4 is 5.91 Å². The van der Waals surface area contributed by atoms with E-state index in [0.29, 0.717) is 19.3 Å². The number of amides is 1. The quantitative estimate of drug-likeness (QED) is 0.792. The lowest BCUT2D eigenvalue weighted by molar-refractivity contribution is -0.124. The van der Waals surface area contributed by atoms with Gasteiger partial charge in [-0.2, -0.15) is 0 Å². The van der Waals surface area contributed by atoms with E-state index in [-0.39, 0.29) is 11.9 Å². The zero-order valence-electron chi connectivity index (χ0n) is 11.3. The molecule has 1 aliphatic carbocycles. The number of hydrogen-bond acceptors (Lipinski definition) is 3. The van der Waals surface area contributed by atoms with Gasteiger partial charge in [-0.3, -0.25) is 4.79 Å². The molecule has 1 atom stereocenters. The molecule has 0 aromatic heterocycles. The van der Waals surface area contributed by atoms with Gasteiger partial charge < -0.3 is 15.4 Å². The van der Waals surface area contributed by atoms with Gasteiger partial charge in [0.15, 0.2) is 0 Å². The summed E-state index contributed by atoms with van der Waals surface area (Å²) in [6.07, 6.45) is 8.45. The van der Waals surface area contributed by atoms with Crippen molar-refractivity contribution in [2.45, 2.75) is 37.8 Å². The minimum atomic E-state index is -0.356. The van der Waals surface area contributed by atoms with Crippen molar-refractivity contribution in [1.29, 1.82) is 0 Å². The fraction of sp³-hybridized carbons (Fsp3) is 0.533. The zero-order chi connectivity index (χ0) is 13.7. The molecule has 104 valence electrons. The van der Waals surface area contributed by atoms with Gasteiger partial charge >= 0.3 is 0 Å². The van der Waals surface area contributed by atoms with Gasteiger partial charge in [-0.05, 0) is 24.5 Å². The second-order valence-electron chi connectivity index (χ2n) is 5.00. The first kappa shape index (κ1) is 13.9. The SMILES string of the molecule is C=CC1=C(C=C)NC(COC2CCCC2)C(=O)NC1. The number of carbonyl (C=O) groups is 1. The Balaban J connectivity index is 1.97. The highest BCUT2D eigenvalue weighted by Gasteiger charge is 2.25. The van der Waals surface area contributed by atoms with Gasteiger partial charge in [0.2, 0.25) is 5.91 Å². The molecule has 0 bridgehead atoms. The Morgan fingerprint density at radius 3 is 2.63 bits per heavy atom. The average molecular weight is 262 g/mol. The summed E-state index contributed by atoms with van der Waals surface area (Å²) in [5.41, 5.74) is 1.81. The van der Waals surface area contributed by atoms with E-state index in [4.69, 9.17) is 4.74 Å². The largest absolute Gasteiger partial charge is 0.376 e. The molecule has 2 rings (SSSR count). The van der Waals surface area contributed by atoms with Crippen molar-refractivity contribution in [3.63, 3.8) is 0 Å². The Labute approximate surface area is 114 Å². The van der Waals surface area contributed by atoms with E-state index in [1.165, 1.54) is 12.8 Å². The van der Waals surface area contributed by atoms with Crippen LogP contribution in [0.3, 0.4) is 0 Å². The highest BCUT2D eigenvalue weighted by Crippen LogP contribution is 2.21. The maximum atomic E-state index is 12.0. The second-order valence-corrected chi connectivity index (χ2v) is 5.00. The molecule has 19 heavy (non-hydrogen) atoms. The Morgan fingerprint density at radius 1 is 1.26 bits per heavy atom. The Kier molecular flexibility index (Phi) is 4.80. The summed E-state index contributed by atoms with van der Waals surface area (Å²) in [6.45, 7) is 8.41. The molecule has 2 aliphatic rings. The summed E-state index contributed by atoms with van der Waals surface area (Å²) in [7, 11) is 0. The molecular weight excluding hydrogens is 240 g/mol. The van der Waals surface area contributed by atoms with E-state index in [9.17, 15) is 4.79 Å². The first-order chi connectivity index (χ1) is 9.24. The van der Waals surface area contributed by atoms with Crippen LogP contribution in [0.25, 0.3) is 0 Å². The molecular formula is C15H22N2O2. The minimum absolute atomic E-state index is 0.0332. The first-order valence-electron chi connectivity index (χ1n) is 6.88. The summed E-state index contributed by atoms with van der Waals surface area (Å²) < 4.78 is 5.82. The first-order valence-corrected chi connectivity index (χ1v) is 6.88. The Morgan fingerprint density at radius 2 is 2.00 bits per heavy atom. The number of carbonyl (C=O) groups excluding carboxylic acids is 1. The molecule has 0 aromatic carbocycles. The molecule has 1 unspecified atom stereocenters. The lowest BCUT2D eigenvalue weighted by Gasteiger charge is -2.19. The monoisotopic (exact) mass is 262 g/mol. The molecule has 0 aromatic rings. The predicted octanol–water partition coefficient (Wildman–Crippen LogP) is 1.66. The van der Waals surface area contributed by atoms with Crippen molar-refractivity contribution in [1.82, 2.24) is 10.6 Å². The highest BCUT2D eigenvalue weighted by atomic mass is 16.5. The number of rotatable bonds is 5. The summed E-state index contributed by atoms with van der Waals surface area (Å²) in [6, 6.07) is -0.356. The summed E-state index contributed by atoms with van der Waals surface area (Å²) in [4.78, 5) is 12.0. The lowest BCUT2D eigenvalue weighted by Crippen LogP contribution is -2.45. The molecule has 1 fully saturated rings. The van der Waals surface area contributed by atoms with E-state index < -0.39 is 0 Å². The van der Waals surface area contributed by atoms with E-state index in [1.54, 1.807) is 12.2 Å². The van der Waals surface area contributed by atoms with Gasteiger partial charge in [-0.25, -0.2) is 0 Å². The van der Waals surface area contributed by atoms with Crippen LogP contribution in [0.1, 0.15) is 25.7 Å². The van der Waals surface area contributed by atoms with Crippen LogP contribution in [0.5, 0.6) is 0 Å². The maximum absolute atomic E-state index is 12.0. The van der Waals surface area contributed by atoms with Crippen LogP contribution >= 0.6 is 0 Å². The van der Waals surface area contributed by atoms with Crippen molar-refractivity contribution in [2.75, 3.05) is 13.2 Å². The number of nitrogens with one attached hydrogen (secondary N) is 2. The fourth-order valence-electron chi connectivity index (χ4n) is 2.52. The molecule has 4 nitrogen and oxygen atoms in total. The van der Waals surface area contributed by atoms with Crippen LogP contribution in [-0.4, -0.2) is 31.2 Å². The van der Waals surface area contributed by atoms with Crippen molar-refractivity contribution in [3.05, 3.63) is 36.6 Å². The molecule has 4 heteroatoms. The smallest absolute Gasteiger partial charge is 0.245 e. The zero-order valence-corrected chi connectivity index (χ0v) is 11.3. The lowest BCUT2D eigenvalue weighted by atomic mass is 10.2. The van der Waals surface area contributed by atoms with Crippen LogP contribution < -0.4 is 10.6 Å². The van der Waals surface area contributed by atoms with Gasteiger partial charge in [-0.15, -0.1) is 0 Å². The summed E-state index contributed by atoms with van der Waals surface area (Å²) in [5.74, 6) is -0.0332. The average Bonchev–Trinajstić information content (AvgIpc) is 2.89. The standard InChI is InChI=1S/C15H22N2O2/c1-3-11-9-16-15(18)14(17-13(11)4-2)10-19-12-7-5-6-8-12/h3-4,12,14,17H,1-2,5-10H2,(H,16,18). The number of allylic oxidation sites excluding steroid dienone is 1. The fourth-order valence-corrected chi connectivity index (χ4v) is 2.52. The number of hydrogen-bond donors (Lipinski definition) is 2. The third kappa shape index (κ3) is 3.47. The van der Waals surface area contributed by atoms with E-state index in [1.807, 2.05) is 0 Å². The molecule has 1 saturated carbocycles. The van der Waals surface area contributed by atoms with Crippen LogP contribution in [0.2, 0.25) is 0 Å². The molecule has 1 aliphatic heterocycles. The summed E-state index contributed by atoms with van der Waals surface area (Å²) >= 11 is 0. The van der Waals surface area contributed by atoms with Crippen LogP contribution in [0, 0.1) is 0 Å². The van der Waals surface area contributed by atoms with Gasteiger partial charge in [0.05, 0.1) is 12.7 Å². The topological polar surface area (TPSA) is 50.4 Å². The minimum Gasteiger partial charge on any atom is -0.376 e. The molecule has 0 spiro atoms. The van der Waals surface area contributed by atoms with Crippen LogP contribution in [-0.2, 0) is 9.53 Å². The van der Waals surface area contributed by atoms with E-state index in [2.05, 4.69) is 23.8 Å². The third-order valence-corrected chi connectivity index (χ3v) is 3.70. The number of ether oxygens (including phenoxy) is 1. The molecule has 1 amide bonds. The molecule has 0 saturated heterocycles. The maximum Gasteiger partial charge on any atom is 0.245 e.